The van der Waals surface area contributed by atoms with Crippen LogP contribution >= 0.6 is 7.92 Å². The Morgan fingerprint density at radius 3 is 1.17 bits per heavy atom. The summed E-state index contributed by atoms with van der Waals surface area (Å²) in [5.41, 5.74) is 0. The van der Waals surface area contributed by atoms with E-state index in [1.165, 1.54) is 23.0 Å². The third-order valence-electron chi connectivity index (χ3n) is 3.26. The van der Waals surface area contributed by atoms with Gasteiger partial charge in [0.05, 0.1) is 0 Å². The molecule has 0 heterocycles. The van der Waals surface area contributed by atoms with Gasteiger partial charge in [-0.15, -0.1) is 0 Å². The molecule has 122 valence electrons. The van der Waals surface area contributed by atoms with E-state index in [0.29, 0.717) is 0 Å². The SMILES string of the molecule is CNC(=O)O.c1ccc(P(c2ccccc2)c2ccccc2)cc1. The van der Waals surface area contributed by atoms with E-state index >= 15 is 0 Å². The summed E-state index contributed by atoms with van der Waals surface area (Å²) in [5.74, 6) is 0. The average molecular weight is 337 g/mol. The maximum absolute atomic E-state index is 9.26. The monoisotopic (exact) mass is 337 g/mol. The van der Waals surface area contributed by atoms with Crippen LogP contribution in [0.2, 0.25) is 0 Å². The summed E-state index contributed by atoms with van der Waals surface area (Å²) in [6.07, 6.45) is -0.995. The number of hydrogen-bond donors (Lipinski definition) is 2. The summed E-state index contributed by atoms with van der Waals surface area (Å²) in [6, 6.07) is 32.3. The van der Waals surface area contributed by atoms with Gasteiger partial charge in [0, 0.05) is 7.05 Å². The van der Waals surface area contributed by atoms with Crippen LogP contribution in [-0.2, 0) is 0 Å². The van der Waals surface area contributed by atoms with E-state index < -0.39 is 14.0 Å². The lowest BCUT2D eigenvalue weighted by Gasteiger charge is -2.18. The second-order valence-corrected chi connectivity index (χ2v) is 7.12. The van der Waals surface area contributed by atoms with E-state index in [2.05, 4.69) is 91.0 Å². The predicted octanol–water partition coefficient (Wildman–Crippen LogP) is 3.33. The van der Waals surface area contributed by atoms with E-state index in [1.54, 1.807) is 0 Å². The highest BCUT2D eigenvalue weighted by molar-refractivity contribution is 7.79. The van der Waals surface area contributed by atoms with Crippen molar-refractivity contribution in [2.24, 2.45) is 0 Å². The molecule has 3 aromatic carbocycles. The Morgan fingerprint density at radius 2 is 0.958 bits per heavy atom. The smallest absolute Gasteiger partial charge is 0.404 e. The van der Waals surface area contributed by atoms with Gasteiger partial charge >= 0.3 is 6.09 Å². The molecule has 0 atom stereocenters. The van der Waals surface area contributed by atoms with Gasteiger partial charge in [-0.05, 0) is 23.8 Å². The summed E-state index contributed by atoms with van der Waals surface area (Å²) < 4.78 is 0. The molecule has 0 bridgehead atoms. The first kappa shape index (κ1) is 17.7. The minimum absolute atomic E-state index is 0.446. The third-order valence-corrected chi connectivity index (χ3v) is 5.70. The van der Waals surface area contributed by atoms with Gasteiger partial charge in [0.15, 0.2) is 0 Å². The molecular formula is C20H20NO2P. The Kier molecular flexibility index (Phi) is 7.00. The number of nitrogens with one attached hydrogen (secondary N) is 1. The first-order valence-electron chi connectivity index (χ1n) is 7.58. The molecule has 0 aliphatic heterocycles. The van der Waals surface area contributed by atoms with Crippen LogP contribution in [0.5, 0.6) is 0 Å². The van der Waals surface area contributed by atoms with Gasteiger partial charge < -0.3 is 10.4 Å². The van der Waals surface area contributed by atoms with E-state index in [1.807, 2.05) is 5.32 Å². The number of amides is 1. The molecule has 1 amide bonds. The molecule has 0 unspecified atom stereocenters. The van der Waals surface area contributed by atoms with Crippen LogP contribution in [0.25, 0.3) is 0 Å². The summed E-state index contributed by atoms with van der Waals surface area (Å²) in [7, 11) is 0.904. The standard InChI is InChI=1S/C18H15P.C2H5NO2/c1-4-10-16(11-5-1)19(17-12-6-2-7-13-17)18-14-8-3-9-15-18;1-3-2(4)5/h1-15H;3H,1H3,(H,4,5). The van der Waals surface area contributed by atoms with Crippen molar-refractivity contribution >= 4 is 29.9 Å². The van der Waals surface area contributed by atoms with Crippen LogP contribution in [0.3, 0.4) is 0 Å². The maximum atomic E-state index is 9.26. The molecule has 0 aliphatic rings. The number of rotatable bonds is 3. The maximum Gasteiger partial charge on any atom is 0.404 e. The van der Waals surface area contributed by atoms with Crippen LogP contribution in [0, 0.1) is 0 Å². The highest BCUT2D eigenvalue weighted by Crippen LogP contribution is 2.32. The van der Waals surface area contributed by atoms with Crippen LogP contribution < -0.4 is 21.2 Å². The zero-order valence-corrected chi connectivity index (χ0v) is 14.4. The fraction of sp³-hybridized carbons (Fsp3) is 0.0500. The first-order valence-corrected chi connectivity index (χ1v) is 8.92. The molecule has 3 aromatic rings. The molecule has 0 saturated heterocycles. The number of carbonyl (C=O) groups is 1. The highest BCUT2D eigenvalue weighted by atomic mass is 31.1. The van der Waals surface area contributed by atoms with Gasteiger partial charge in [-0.2, -0.15) is 0 Å². The van der Waals surface area contributed by atoms with Gasteiger partial charge in [0.2, 0.25) is 0 Å². The van der Waals surface area contributed by atoms with Gasteiger partial charge in [-0.25, -0.2) is 4.79 Å². The highest BCUT2D eigenvalue weighted by Gasteiger charge is 2.14. The van der Waals surface area contributed by atoms with Crippen LogP contribution in [0.1, 0.15) is 0 Å². The molecule has 0 saturated carbocycles. The van der Waals surface area contributed by atoms with E-state index in [0.717, 1.165) is 0 Å². The first-order chi connectivity index (χ1) is 11.7. The Bertz CT molecular complexity index is 639. The minimum Gasteiger partial charge on any atom is -0.465 e. The van der Waals surface area contributed by atoms with E-state index in [4.69, 9.17) is 5.11 Å². The molecule has 2 N–H and O–H groups in total. The lowest BCUT2D eigenvalue weighted by atomic mass is 10.4. The largest absolute Gasteiger partial charge is 0.465 e. The molecule has 4 heteroatoms. The van der Waals surface area contributed by atoms with Gasteiger partial charge in [0.1, 0.15) is 0 Å². The number of benzene rings is 3. The van der Waals surface area contributed by atoms with Crippen molar-refractivity contribution in [3.05, 3.63) is 91.0 Å². The van der Waals surface area contributed by atoms with Crippen LogP contribution in [-0.4, -0.2) is 18.2 Å². The van der Waals surface area contributed by atoms with E-state index in [9.17, 15) is 4.79 Å². The van der Waals surface area contributed by atoms with Gasteiger partial charge in [0.25, 0.3) is 0 Å². The number of carboxylic acid groups (broad SMARTS) is 1. The lowest BCUT2D eigenvalue weighted by molar-refractivity contribution is 0.197. The van der Waals surface area contributed by atoms with Crippen LogP contribution in [0.15, 0.2) is 91.0 Å². The Labute approximate surface area is 143 Å². The zero-order valence-electron chi connectivity index (χ0n) is 13.5. The zero-order chi connectivity index (χ0) is 17.2. The Balaban J connectivity index is 0.000000368. The normalized spacial score (nSPS) is 9.75. The molecule has 3 nitrogen and oxygen atoms in total. The number of hydrogen-bond acceptors (Lipinski definition) is 1. The van der Waals surface area contributed by atoms with Crippen molar-refractivity contribution in [2.75, 3.05) is 7.05 Å². The van der Waals surface area contributed by atoms with E-state index in [-0.39, 0.29) is 0 Å². The quantitative estimate of drug-likeness (QED) is 0.720. The fourth-order valence-electron chi connectivity index (χ4n) is 2.18. The topological polar surface area (TPSA) is 49.3 Å². The van der Waals surface area contributed by atoms with Crippen LogP contribution in [0.4, 0.5) is 4.79 Å². The summed E-state index contributed by atoms with van der Waals surface area (Å²) >= 11 is 0. The Morgan fingerprint density at radius 1 is 0.708 bits per heavy atom. The molecule has 0 spiro atoms. The second kappa shape index (κ2) is 9.49. The molecule has 0 radical (unpaired) electrons. The molecule has 0 fully saturated rings. The molecule has 0 aliphatic carbocycles. The van der Waals surface area contributed by atoms with Gasteiger partial charge in [-0.1, -0.05) is 91.0 Å². The second-order valence-electron chi connectivity index (χ2n) is 4.90. The van der Waals surface area contributed by atoms with Crippen molar-refractivity contribution < 1.29 is 9.90 Å². The van der Waals surface area contributed by atoms with Crippen molar-refractivity contribution in [3.8, 4) is 0 Å². The van der Waals surface area contributed by atoms with Crippen molar-refractivity contribution in [2.45, 2.75) is 0 Å². The molecule has 3 rings (SSSR count). The van der Waals surface area contributed by atoms with Crippen molar-refractivity contribution in [1.82, 2.24) is 5.32 Å². The fourth-order valence-corrected chi connectivity index (χ4v) is 4.48. The Hall–Kier alpha value is -2.64. The molecule has 24 heavy (non-hydrogen) atoms. The molecular weight excluding hydrogens is 317 g/mol. The summed E-state index contributed by atoms with van der Waals surface area (Å²) in [6.45, 7) is 0. The molecule has 0 aromatic heterocycles. The van der Waals surface area contributed by atoms with Crippen molar-refractivity contribution in [3.63, 3.8) is 0 Å². The third kappa shape index (κ3) is 5.22. The lowest BCUT2D eigenvalue weighted by Crippen LogP contribution is -2.20. The minimum atomic E-state index is -0.995. The summed E-state index contributed by atoms with van der Waals surface area (Å²) in [5, 5.41) is 13.7. The average Bonchev–Trinajstić information content (AvgIpc) is 2.65. The predicted molar refractivity (Wildman–Crippen MR) is 102 cm³/mol. The van der Waals surface area contributed by atoms with Gasteiger partial charge in [-0.3, -0.25) is 0 Å². The summed E-state index contributed by atoms with van der Waals surface area (Å²) in [4.78, 5) is 9.26. The van der Waals surface area contributed by atoms with Crippen molar-refractivity contribution in [1.29, 1.82) is 0 Å².